The Morgan fingerprint density at radius 2 is 2.00 bits per heavy atom. The summed E-state index contributed by atoms with van der Waals surface area (Å²) in [4.78, 5) is 0. The molecule has 0 aromatic rings. The van der Waals surface area contributed by atoms with Gasteiger partial charge in [-0.1, -0.05) is 0 Å². The fourth-order valence-corrected chi connectivity index (χ4v) is 0. The quantitative estimate of drug-likeness (QED) is 0.388. The third-order valence-electron chi connectivity index (χ3n) is 0.0858. The minimum atomic E-state index is -2.04. The van der Waals surface area contributed by atoms with Crippen LogP contribution in [-0.4, -0.2) is 0 Å². The van der Waals surface area contributed by atoms with E-state index < -0.39 is 12.3 Å². The van der Waals surface area contributed by atoms with E-state index in [2.05, 4.69) is 0 Å². The van der Waals surface area contributed by atoms with E-state index in [1.165, 1.54) is 0 Å². The molecule has 1 nitrogen and oxygen atoms in total. The summed E-state index contributed by atoms with van der Waals surface area (Å²) in [6.45, 7) is 0. The maximum Gasteiger partial charge on any atom is 0.352 e. The van der Waals surface area contributed by atoms with Crippen LogP contribution < -0.4 is 0 Å². The molecule has 0 fully saturated rings. The van der Waals surface area contributed by atoms with Crippen molar-refractivity contribution in [3.63, 3.8) is 0 Å². The van der Waals surface area contributed by atoms with Crippen LogP contribution in [0.4, 0.5) is 8.78 Å². The van der Waals surface area contributed by atoms with E-state index >= 15 is 0 Å². The van der Waals surface area contributed by atoms with Gasteiger partial charge in [-0.2, -0.15) is 4.39 Å². The predicted molar refractivity (Wildman–Crippen MR) is 11.0 cm³/mol. The van der Waals surface area contributed by atoms with E-state index in [4.69, 9.17) is 5.11 Å². The zero-order valence-corrected chi connectivity index (χ0v) is 2.24. The van der Waals surface area contributed by atoms with Gasteiger partial charge >= 0.3 is 6.01 Å². The molecule has 0 aliphatic rings. The minimum Gasteiger partial charge on any atom is -0.253 e. The molecule has 0 aromatic heterocycles. The first-order chi connectivity index (χ1) is 2.27. The van der Waals surface area contributed by atoms with Crippen molar-refractivity contribution in [3.8, 4) is 0 Å². The monoisotopic (exact) mass is 79.0 g/mol. The van der Waals surface area contributed by atoms with Gasteiger partial charge in [0.25, 0.3) is 0 Å². The second kappa shape index (κ2) is 1.69. The number of hydrogen-bond donors (Lipinski definition) is 0. The van der Waals surface area contributed by atoms with Crippen molar-refractivity contribution in [1.82, 2.24) is 0 Å². The summed E-state index contributed by atoms with van der Waals surface area (Å²) >= 11 is 0. The highest BCUT2D eigenvalue weighted by Crippen LogP contribution is 1.86. The van der Waals surface area contributed by atoms with Gasteiger partial charge < -0.3 is 0 Å². The smallest absolute Gasteiger partial charge is 0.253 e. The van der Waals surface area contributed by atoms with Gasteiger partial charge in [-0.3, -0.25) is 5.11 Å². The van der Waals surface area contributed by atoms with Crippen molar-refractivity contribution < 1.29 is 13.9 Å². The Kier molecular flexibility index (Phi) is 1.49. The highest BCUT2D eigenvalue weighted by Gasteiger charge is 1.80. The van der Waals surface area contributed by atoms with Gasteiger partial charge in [0.15, 0.2) is 6.33 Å². The molecule has 0 spiro atoms. The largest absolute Gasteiger partial charge is 0.352 e. The van der Waals surface area contributed by atoms with Crippen molar-refractivity contribution in [2.45, 2.75) is 0 Å². The molecule has 5 heavy (non-hydrogen) atoms. The molecule has 0 aliphatic carbocycles. The van der Waals surface area contributed by atoms with E-state index in [-0.39, 0.29) is 0 Å². The molecule has 0 atom stereocenters. The van der Waals surface area contributed by atoms with Gasteiger partial charge in [-0.25, -0.2) is 4.39 Å². The Labute approximate surface area is 27.5 Å². The van der Waals surface area contributed by atoms with Gasteiger partial charge in [0.2, 0.25) is 0 Å². The lowest BCUT2D eigenvalue weighted by Crippen LogP contribution is -1.51. The summed E-state index contributed by atoms with van der Waals surface area (Å²) in [7, 11) is 0. The van der Waals surface area contributed by atoms with Crippen LogP contribution in [0.15, 0.2) is 12.3 Å². The van der Waals surface area contributed by atoms with Crippen molar-refractivity contribution in [1.29, 1.82) is 0 Å². The van der Waals surface area contributed by atoms with Crippen LogP contribution >= 0.6 is 0 Å². The Morgan fingerprint density at radius 3 is 2.00 bits per heavy atom. The van der Waals surface area contributed by atoms with Crippen LogP contribution in [0.25, 0.3) is 0 Å². The molecule has 0 saturated heterocycles. The first kappa shape index (κ1) is 4.40. The lowest BCUT2D eigenvalue weighted by Gasteiger charge is -1.59. The zero-order chi connectivity index (χ0) is 4.28. The molecular formula is C2HF2O. The number of halogens is 2. The minimum absolute atomic E-state index is 0.639. The van der Waals surface area contributed by atoms with E-state index in [1.54, 1.807) is 0 Å². The fraction of sp³-hybridized carbons (Fsp3) is 0. The van der Waals surface area contributed by atoms with Crippen LogP contribution in [0.1, 0.15) is 0 Å². The normalized spacial score (nSPS) is 12.0. The highest BCUT2D eigenvalue weighted by atomic mass is 19.2. The Bertz CT molecular complexity index is 45.6. The Morgan fingerprint density at radius 1 is 1.80 bits per heavy atom. The molecule has 0 heterocycles. The topological polar surface area (TPSA) is 19.9 Å². The summed E-state index contributed by atoms with van der Waals surface area (Å²) < 4.78 is 20.6. The van der Waals surface area contributed by atoms with Gasteiger partial charge in [0.1, 0.15) is 0 Å². The van der Waals surface area contributed by atoms with E-state index in [0.29, 0.717) is 0 Å². The molecule has 0 saturated carbocycles. The lowest BCUT2D eigenvalue weighted by molar-refractivity contribution is 0.190. The summed E-state index contributed by atoms with van der Waals surface area (Å²) in [5.41, 5.74) is 0. The average molecular weight is 79.0 g/mol. The van der Waals surface area contributed by atoms with E-state index in [0.717, 1.165) is 0 Å². The third kappa shape index (κ3) is 3.40. The molecule has 0 unspecified atom stereocenters. The van der Waals surface area contributed by atoms with Crippen LogP contribution in [0.2, 0.25) is 0 Å². The van der Waals surface area contributed by atoms with Gasteiger partial charge in [-0.15, -0.1) is 0 Å². The molecule has 0 amide bonds. The molecule has 0 aliphatic heterocycles. The van der Waals surface area contributed by atoms with Crippen LogP contribution in [0, 0.1) is 0 Å². The average Bonchev–Trinajstić information content (AvgIpc) is 1.38. The molecule has 0 N–H and O–H groups in total. The molecule has 0 aromatic carbocycles. The first-order valence-electron chi connectivity index (χ1n) is 0.900. The van der Waals surface area contributed by atoms with Crippen molar-refractivity contribution in [3.05, 3.63) is 12.3 Å². The molecule has 3 heteroatoms. The predicted octanol–water partition coefficient (Wildman–Crippen LogP) is 1.15. The zero-order valence-electron chi connectivity index (χ0n) is 2.24. The van der Waals surface area contributed by atoms with Gasteiger partial charge in [0.05, 0.1) is 0 Å². The van der Waals surface area contributed by atoms with Crippen LogP contribution in [0.3, 0.4) is 0 Å². The van der Waals surface area contributed by atoms with Crippen molar-refractivity contribution in [2.24, 2.45) is 0 Å². The number of rotatable bonds is 0. The summed E-state index contributed by atoms with van der Waals surface area (Å²) in [5.74, 6) is 0. The molecule has 1 radical (unpaired) electrons. The maximum absolute atomic E-state index is 10.4. The van der Waals surface area contributed by atoms with Crippen molar-refractivity contribution in [2.75, 3.05) is 0 Å². The molecule has 0 bridgehead atoms. The second-order valence-electron chi connectivity index (χ2n) is 0.413. The Balaban J connectivity index is 3.14. The molecular weight excluding hydrogens is 78.0 g/mol. The van der Waals surface area contributed by atoms with Crippen molar-refractivity contribution >= 4 is 0 Å². The lowest BCUT2D eigenvalue weighted by atomic mass is 11.1. The SMILES string of the molecule is [O]/C(F)=C/F. The van der Waals surface area contributed by atoms with Crippen LogP contribution in [0.5, 0.6) is 0 Å². The summed E-state index contributed by atoms with van der Waals surface area (Å²) in [5, 5.41) is 8.72. The standard InChI is InChI=1S/C2HF2O/c3-1-2(4)5/h1H/b2-1+. The summed E-state index contributed by atoms with van der Waals surface area (Å²) in [6, 6.07) is -2.04. The Hall–Kier alpha value is -0.600. The third-order valence-corrected chi connectivity index (χ3v) is 0.0858. The van der Waals surface area contributed by atoms with Crippen LogP contribution in [-0.2, 0) is 5.11 Å². The molecule has 29 valence electrons. The second-order valence-corrected chi connectivity index (χ2v) is 0.413. The summed E-state index contributed by atoms with van der Waals surface area (Å²) in [6.07, 6.45) is -0.639. The first-order valence-corrected chi connectivity index (χ1v) is 0.900. The van der Waals surface area contributed by atoms with Gasteiger partial charge in [0, 0.05) is 0 Å². The highest BCUT2D eigenvalue weighted by molar-refractivity contribution is 4.64. The fourth-order valence-electron chi connectivity index (χ4n) is 0. The molecule has 0 rings (SSSR count). The number of hydrogen-bond acceptors (Lipinski definition) is 0. The van der Waals surface area contributed by atoms with Gasteiger partial charge in [-0.05, 0) is 0 Å². The van der Waals surface area contributed by atoms with E-state index in [9.17, 15) is 8.78 Å². The maximum atomic E-state index is 10.4. The van der Waals surface area contributed by atoms with E-state index in [1.807, 2.05) is 0 Å².